The van der Waals surface area contributed by atoms with Gasteiger partial charge in [0.05, 0.1) is 11.7 Å². The molecule has 0 spiro atoms. The second kappa shape index (κ2) is 7.05. The summed E-state index contributed by atoms with van der Waals surface area (Å²) in [5, 5.41) is 11.3. The smallest absolute Gasteiger partial charge is 0.319 e. The van der Waals surface area contributed by atoms with Crippen LogP contribution in [-0.2, 0) is 0 Å². The Kier molecular flexibility index (Phi) is 4.85. The van der Waals surface area contributed by atoms with Crippen molar-refractivity contribution in [3.8, 4) is 0 Å². The van der Waals surface area contributed by atoms with Crippen LogP contribution in [0.3, 0.4) is 0 Å². The summed E-state index contributed by atoms with van der Waals surface area (Å²) < 4.78 is 1.96. The van der Waals surface area contributed by atoms with Crippen LogP contribution in [0.4, 0.5) is 10.5 Å². The van der Waals surface area contributed by atoms with E-state index in [-0.39, 0.29) is 12.1 Å². The zero-order valence-electron chi connectivity index (χ0n) is 14.5. The minimum Gasteiger partial charge on any atom is -0.334 e. The topological polar surface area (TPSA) is 62.2 Å². The standard InChI is InChI=1S/C18H25N5O/c1-13(2)23-17-10-16(5-4-15(17)12-20-23)21-18(24)19-11-14-6-8-22(3)9-7-14/h4-6,10,12-13H,7-9,11H2,1-3H3,(H2,19,21,24). The summed E-state index contributed by atoms with van der Waals surface area (Å²) in [6.07, 6.45) is 5.05. The third-order valence-corrected chi connectivity index (χ3v) is 4.33. The average molecular weight is 327 g/mol. The number of likely N-dealkylation sites (N-methyl/N-ethyl adjacent to an activating group) is 1. The Balaban J connectivity index is 1.62. The number of hydrogen-bond acceptors (Lipinski definition) is 3. The number of amides is 2. The van der Waals surface area contributed by atoms with E-state index in [9.17, 15) is 4.79 Å². The third kappa shape index (κ3) is 3.76. The molecule has 0 saturated heterocycles. The first-order valence-electron chi connectivity index (χ1n) is 8.41. The highest BCUT2D eigenvalue weighted by Gasteiger charge is 2.10. The molecular weight excluding hydrogens is 302 g/mol. The van der Waals surface area contributed by atoms with Crippen molar-refractivity contribution in [3.05, 3.63) is 36.0 Å². The monoisotopic (exact) mass is 327 g/mol. The molecule has 1 aliphatic rings. The van der Waals surface area contributed by atoms with Crippen LogP contribution in [0.15, 0.2) is 36.0 Å². The van der Waals surface area contributed by atoms with E-state index in [0.29, 0.717) is 6.54 Å². The first-order valence-corrected chi connectivity index (χ1v) is 8.41. The van der Waals surface area contributed by atoms with Crippen molar-refractivity contribution < 1.29 is 4.79 Å². The van der Waals surface area contributed by atoms with Crippen molar-refractivity contribution >= 4 is 22.6 Å². The Morgan fingerprint density at radius 3 is 2.92 bits per heavy atom. The molecule has 0 radical (unpaired) electrons. The molecule has 1 aromatic carbocycles. The van der Waals surface area contributed by atoms with Gasteiger partial charge in [0, 0.05) is 36.7 Å². The molecule has 0 atom stereocenters. The maximum Gasteiger partial charge on any atom is 0.319 e. The molecule has 3 rings (SSSR count). The van der Waals surface area contributed by atoms with Gasteiger partial charge in [-0.2, -0.15) is 5.10 Å². The van der Waals surface area contributed by atoms with E-state index in [0.717, 1.165) is 36.1 Å². The van der Waals surface area contributed by atoms with Gasteiger partial charge in [0.15, 0.2) is 0 Å². The fourth-order valence-corrected chi connectivity index (χ4v) is 2.87. The van der Waals surface area contributed by atoms with Crippen LogP contribution >= 0.6 is 0 Å². The third-order valence-electron chi connectivity index (χ3n) is 4.33. The largest absolute Gasteiger partial charge is 0.334 e. The molecule has 6 nitrogen and oxygen atoms in total. The van der Waals surface area contributed by atoms with Gasteiger partial charge in [0.25, 0.3) is 0 Å². The van der Waals surface area contributed by atoms with E-state index in [4.69, 9.17) is 0 Å². The van der Waals surface area contributed by atoms with E-state index >= 15 is 0 Å². The van der Waals surface area contributed by atoms with Gasteiger partial charge < -0.3 is 15.5 Å². The summed E-state index contributed by atoms with van der Waals surface area (Å²) in [5.41, 5.74) is 3.09. The number of benzene rings is 1. The lowest BCUT2D eigenvalue weighted by Gasteiger charge is -2.22. The Hall–Kier alpha value is -2.34. The predicted molar refractivity (Wildman–Crippen MR) is 97.3 cm³/mol. The number of nitrogens with one attached hydrogen (secondary N) is 2. The molecule has 0 aliphatic carbocycles. The molecule has 2 N–H and O–H groups in total. The van der Waals surface area contributed by atoms with Crippen molar-refractivity contribution in [2.24, 2.45) is 0 Å². The molecule has 2 heterocycles. The summed E-state index contributed by atoms with van der Waals surface area (Å²) in [5.74, 6) is 0. The van der Waals surface area contributed by atoms with E-state index in [1.54, 1.807) is 0 Å². The molecule has 0 unspecified atom stereocenters. The maximum absolute atomic E-state index is 12.1. The predicted octanol–water partition coefficient (Wildman–Crippen LogP) is 3.00. The number of hydrogen-bond donors (Lipinski definition) is 2. The number of anilines is 1. The molecule has 2 aromatic rings. The fourth-order valence-electron chi connectivity index (χ4n) is 2.87. The van der Waals surface area contributed by atoms with E-state index in [1.807, 2.05) is 29.1 Å². The Morgan fingerprint density at radius 1 is 1.38 bits per heavy atom. The molecule has 2 amide bonds. The molecule has 128 valence electrons. The second-order valence-electron chi connectivity index (χ2n) is 6.64. The Bertz CT molecular complexity index is 762. The van der Waals surface area contributed by atoms with Crippen molar-refractivity contribution in [1.82, 2.24) is 20.0 Å². The molecule has 1 aliphatic heterocycles. The second-order valence-corrected chi connectivity index (χ2v) is 6.64. The molecule has 0 fully saturated rings. The average Bonchev–Trinajstić information content (AvgIpc) is 2.98. The summed E-state index contributed by atoms with van der Waals surface area (Å²) in [4.78, 5) is 14.4. The van der Waals surface area contributed by atoms with Gasteiger partial charge in [-0.05, 0) is 45.5 Å². The number of urea groups is 1. The minimum atomic E-state index is -0.176. The zero-order chi connectivity index (χ0) is 17.1. The maximum atomic E-state index is 12.1. The van der Waals surface area contributed by atoms with Gasteiger partial charge in [-0.25, -0.2) is 4.79 Å². The number of fused-ring (bicyclic) bond motifs is 1. The lowest BCUT2D eigenvalue weighted by atomic mass is 10.1. The number of carbonyl (C=O) groups excluding carboxylic acids is 1. The Morgan fingerprint density at radius 2 is 2.21 bits per heavy atom. The van der Waals surface area contributed by atoms with Crippen LogP contribution in [0.25, 0.3) is 10.9 Å². The van der Waals surface area contributed by atoms with Crippen molar-refractivity contribution in [2.75, 3.05) is 32.0 Å². The highest BCUT2D eigenvalue weighted by atomic mass is 16.2. The van der Waals surface area contributed by atoms with Gasteiger partial charge in [-0.1, -0.05) is 11.6 Å². The van der Waals surface area contributed by atoms with Crippen molar-refractivity contribution in [3.63, 3.8) is 0 Å². The van der Waals surface area contributed by atoms with Crippen LogP contribution in [0.5, 0.6) is 0 Å². The normalized spacial score (nSPS) is 15.6. The van der Waals surface area contributed by atoms with Crippen molar-refractivity contribution in [2.45, 2.75) is 26.3 Å². The molecule has 0 bridgehead atoms. The minimum absolute atomic E-state index is 0.176. The summed E-state index contributed by atoms with van der Waals surface area (Å²) in [7, 11) is 2.10. The molecule has 1 aromatic heterocycles. The van der Waals surface area contributed by atoms with Gasteiger partial charge in [-0.3, -0.25) is 4.68 Å². The summed E-state index contributed by atoms with van der Waals surface area (Å²) >= 11 is 0. The Labute approximate surface area is 142 Å². The SMILES string of the molecule is CC(C)n1ncc2ccc(NC(=O)NCC3=CCN(C)CC3)cc21. The van der Waals surface area contributed by atoms with Crippen LogP contribution < -0.4 is 10.6 Å². The molecule has 24 heavy (non-hydrogen) atoms. The van der Waals surface area contributed by atoms with E-state index in [2.05, 4.69) is 47.6 Å². The van der Waals surface area contributed by atoms with Crippen LogP contribution in [0.2, 0.25) is 0 Å². The highest BCUT2D eigenvalue weighted by molar-refractivity contribution is 5.92. The molecule has 6 heteroatoms. The lowest BCUT2D eigenvalue weighted by Crippen LogP contribution is -2.33. The van der Waals surface area contributed by atoms with Crippen LogP contribution in [0.1, 0.15) is 26.3 Å². The van der Waals surface area contributed by atoms with Crippen LogP contribution in [0, 0.1) is 0 Å². The van der Waals surface area contributed by atoms with E-state index in [1.165, 1.54) is 5.57 Å². The van der Waals surface area contributed by atoms with E-state index < -0.39 is 0 Å². The fraction of sp³-hybridized carbons (Fsp3) is 0.444. The first-order chi connectivity index (χ1) is 11.5. The van der Waals surface area contributed by atoms with Gasteiger partial charge in [-0.15, -0.1) is 0 Å². The highest BCUT2D eigenvalue weighted by Crippen LogP contribution is 2.21. The quantitative estimate of drug-likeness (QED) is 0.849. The van der Waals surface area contributed by atoms with Gasteiger partial charge in [0.2, 0.25) is 0 Å². The summed E-state index contributed by atoms with van der Waals surface area (Å²) in [6.45, 7) is 6.79. The number of carbonyl (C=O) groups is 1. The molecule has 0 saturated carbocycles. The first kappa shape index (κ1) is 16.5. The zero-order valence-corrected chi connectivity index (χ0v) is 14.5. The number of nitrogens with zero attached hydrogens (tertiary/aromatic N) is 3. The van der Waals surface area contributed by atoms with Gasteiger partial charge in [0.1, 0.15) is 0 Å². The molecular formula is C18H25N5O. The number of aromatic nitrogens is 2. The van der Waals surface area contributed by atoms with Gasteiger partial charge >= 0.3 is 6.03 Å². The van der Waals surface area contributed by atoms with Crippen LogP contribution in [-0.4, -0.2) is 47.4 Å². The summed E-state index contributed by atoms with van der Waals surface area (Å²) in [6, 6.07) is 5.96. The number of rotatable bonds is 4. The lowest BCUT2D eigenvalue weighted by molar-refractivity contribution is 0.252. The van der Waals surface area contributed by atoms with Crippen molar-refractivity contribution in [1.29, 1.82) is 0 Å².